The smallest absolute Gasteiger partial charge is 0.255 e. The van der Waals surface area contributed by atoms with Crippen LogP contribution >= 0.6 is 0 Å². The van der Waals surface area contributed by atoms with Crippen molar-refractivity contribution in [3.63, 3.8) is 0 Å². The highest BCUT2D eigenvalue weighted by molar-refractivity contribution is 6.09. The van der Waals surface area contributed by atoms with Gasteiger partial charge in [0.2, 0.25) is 0 Å². The Morgan fingerprint density at radius 2 is 2.00 bits per heavy atom. The Kier molecular flexibility index (Phi) is 4.78. The largest absolute Gasteiger partial charge is 0.362 e. The van der Waals surface area contributed by atoms with Gasteiger partial charge in [-0.15, -0.1) is 0 Å². The first-order valence-electron chi connectivity index (χ1n) is 9.72. The maximum atomic E-state index is 13.3. The molecule has 0 fully saturated rings. The van der Waals surface area contributed by atoms with Crippen LogP contribution in [0.3, 0.4) is 0 Å². The number of pyridine rings is 2. The van der Waals surface area contributed by atoms with Gasteiger partial charge >= 0.3 is 0 Å². The van der Waals surface area contributed by atoms with Gasteiger partial charge in [0.1, 0.15) is 5.82 Å². The summed E-state index contributed by atoms with van der Waals surface area (Å²) in [5, 5.41) is 6.22. The molecule has 6 nitrogen and oxygen atoms in total. The fourth-order valence-electron chi connectivity index (χ4n) is 4.24. The Morgan fingerprint density at radius 1 is 1.17 bits per heavy atom. The van der Waals surface area contributed by atoms with E-state index in [4.69, 9.17) is 0 Å². The lowest BCUT2D eigenvalue weighted by atomic mass is 9.68. The molecular weight excluding hydrogens is 364 g/mol. The third kappa shape index (κ3) is 3.70. The number of nitrogens with one attached hydrogen (secondary N) is 2. The van der Waals surface area contributed by atoms with Crippen molar-refractivity contribution in [1.82, 2.24) is 15.3 Å². The normalized spacial score (nSPS) is 20.8. The number of dihydropyridines is 1. The summed E-state index contributed by atoms with van der Waals surface area (Å²) in [6.07, 6.45) is 6.27. The number of rotatable bonds is 3. The van der Waals surface area contributed by atoms with Gasteiger partial charge in [-0.2, -0.15) is 0 Å². The Morgan fingerprint density at radius 3 is 2.69 bits per heavy atom. The molecule has 1 atom stereocenters. The third-order valence-corrected chi connectivity index (χ3v) is 5.41. The maximum Gasteiger partial charge on any atom is 0.255 e. The highest BCUT2D eigenvalue weighted by Gasteiger charge is 2.42. The van der Waals surface area contributed by atoms with Crippen molar-refractivity contribution in [1.29, 1.82) is 0 Å². The van der Waals surface area contributed by atoms with Crippen molar-refractivity contribution >= 4 is 17.5 Å². The molecule has 3 heterocycles. The average molecular weight is 388 g/mol. The third-order valence-electron chi connectivity index (χ3n) is 5.41. The molecule has 2 aromatic rings. The summed E-state index contributed by atoms with van der Waals surface area (Å²) < 4.78 is 0. The van der Waals surface area contributed by atoms with Crippen LogP contribution in [0.1, 0.15) is 45.1 Å². The van der Waals surface area contributed by atoms with Crippen LogP contribution in [-0.2, 0) is 9.59 Å². The molecule has 2 aliphatic rings. The molecule has 1 aliphatic heterocycles. The van der Waals surface area contributed by atoms with E-state index in [0.717, 1.165) is 23.4 Å². The molecule has 0 bridgehead atoms. The van der Waals surface area contributed by atoms with E-state index >= 15 is 0 Å². The van der Waals surface area contributed by atoms with Crippen molar-refractivity contribution in [3.8, 4) is 0 Å². The van der Waals surface area contributed by atoms with Crippen LogP contribution in [0.15, 0.2) is 71.5 Å². The molecular formula is C23H24N4O2. The summed E-state index contributed by atoms with van der Waals surface area (Å²) in [7, 11) is 0. The van der Waals surface area contributed by atoms with Crippen LogP contribution < -0.4 is 10.6 Å². The number of nitrogens with zero attached hydrogens (tertiary/aromatic N) is 2. The molecule has 4 rings (SSSR count). The molecule has 0 aromatic carbocycles. The summed E-state index contributed by atoms with van der Waals surface area (Å²) in [4.78, 5) is 34.9. The minimum atomic E-state index is -0.452. The van der Waals surface area contributed by atoms with E-state index < -0.39 is 5.92 Å². The summed E-state index contributed by atoms with van der Waals surface area (Å²) in [6, 6.07) is 9.10. The average Bonchev–Trinajstić information content (AvgIpc) is 2.67. The van der Waals surface area contributed by atoms with Gasteiger partial charge in [0.15, 0.2) is 5.78 Å². The van der Waals surface area contributed by atoms with Gasteiger partial charge in [-0.1, -0.05) is 26.0 Å². The fraction of sp³-hybridized carbons (Fsp3) is 0.304. The van der Waals surface area contributed by atoms with Gasteiger partial charge in [-0.05, 0) is 42.5 Å². The minimum Gasteiger partial charge on any atom is -0.362 e. The zero-order valence-corrected chi connectivity index (χ0v) is 16.8. The summed E-state index contributed by atoms with van der Waals surface area (Å²) in [5.41, 5.74) is 3.57. The predicted molar refractivity (Wildman–Crippen MR) is 111 cm³/mol. The molecule has 1 aliphatic carbocycles. The van der Waals surface area contributed by atoms with Crippen LogP contribution in [0.5, 0.6) is 0 Å². The maximum absolute atomic E-state index is 13.3. The molecule has 0 spiro atoms. The van der Waals surface area contributed by atoms with E-state index in [9.17, 15) is 9.59 Å². The Bertz CT molecular complexity index is 1020. The van der Waals surface area contributed by atoms with E-state index in [1.807, 2.05) is 25.1 Å². The van der Waals surface area contributed by atoms with E-state index in [1.54, 1.807) is 30.7 Å². The van der Waals surface area contributed by atoms with Gasteiger partial charge in [-0.3, -0.25) is 14.6 Å². The first-order chi connectivity index (χ1) is 13.9. The Labute approximate surface area is 170 Å². The zero-order valence-electron chi connectivity index (χ0n) is 16.8. The fourth-order valence-corrected chi connectivity index (χ4v) is 4.24. The number of amides is 1. The van der Waals surface area contributed by atoms with Crippen LogP contribution in [0.2, 0.25) is 0 Å². The van der Waals surface area contributed by atoms with E-state index in [1.165, 1.54) is 0 Å². The monoisotopic (exact) mass is 388 g/mol. The molecule has 2 N–H and O–H groups in total. The van der Waals surface area contributed by atoms with E-state index in [0.29, 0.717) is 23.4 Å². The van der Waals surface area contributed by atoms with Crippen molar-refractivity contribution in [2.45, 2.75) is 39.5 Å². The van der Waals surface area contributed by atoms with Crippen molar-refractivity contribution < 1.29 is 9.59 Å². The second-order valence-electron chi connectivity index (χ2n) is 8.39. The van der Waals surface area contributed by atoms with Crippen LogP contribution in [0.4, 0.5) is 5.82 Å². The van der Waals surface area contributed by atoms with Crippen molar-refractivity contribution in [2.24, 2.45) is 5.41 Å². The van der Waals surface area contributed by atoms with Crippen molar-refractivity contribution in [2.75, 3.05) is 5.32 Å². The number of carbonyl (C=O) groups excluding carboxylic acids is 2. The summed E-state index contributed by atoms with van der Waals surface area (Å²) in [5.74, 6) is -0.175. The molecule has 6 heteroatoms. The SMILES string of the molecule is CC1=C(C(=O)Nc2ccccn2)[C@H](c2cccnc2)C2=C(CC(C)(C)CC2=O)N1. The number of hydrogen-bond donors (Lipinski definition) is 2. The molecule has 0 radical (unpaired) electrons. The van der Waals surface area contributed by atoms with Gasteiger partial charge in [0.25, 0.3) is 5.91 Å². The number of anilines is 1. The lowest BCUT2D eigenvalue weighted by Gasteiger charge is -2.39. The highest BCUT2D eigenvalue weighted by Crippen LogP contribution is 2.46. The second-order valence-corrected chi connectivity index (χ2v) is 8.39. The lowest BCUT2D eigenvalue weighted by molar-refractivity contribution is -0.118. The molecule has 1 amide bonds. The quantitative estimate of drug-likeness (QED) is 0.837. The first-order valence-corrected chi connectivity index (χ1v) is 9.72. The molecule has 2 aromatic heterocycles. The van der Waals surface area contributed by atoms with Gasteiger partial charge in [-0.25, -0.2) is 4.98 Å². The Hall–Kier alpha value is -3.28. The zero-order chi connectivity index (χ0) is 20.6. The second kappa shape index (κ2) is 7.28. The number of carbonyl (C=O) groups is 2. The summed E-state index contributed by atoms with van der Waals surface area (Å²) >= 11 is 0. The van der Waals surface area contributed by atoms with Gasteiger partial charge in [0.05, 0.1) is 0 Å². The molecule has 0 saturated carbocycles. The van der Waals surface area contributed by atoms with Crippen LogP contribution in [-0.4, -0.2) is 21.7 Å². The lowest BCUT2D eigenvalue weighted by Crippen LogP contribution is -2.39. The van der Waals surface area contributed by atoms with Crippen LogP contribution in [0, 0.1) is 5.41 Å². The summed E-state index contributed by atoms with van der Waals surface area (Å²) in [6.45, 7) is 6.07. The molecule has 29 heavy (non-hydrogen) atoms. The number of Topliss-reactive ketones (excluding diaryl/α,β-unsaturated/α-hetero) is 1. The first kappa shape index (κ1) is 19.1. The molecule has 148 valence electrons. The number of ketones is 1. The molecule has 0 saturated heterocycles. The molecule has 0 unspecified atom stereocenters. The predicted octanol–water partition coefficient (Wildman–Crippen LogP) is 3.72. The topological polar surface area (TPSA) is 84.0 Å². The minimum absolute atomic E-state index is 0.0771. The Balaban J connectivity index is 1.80. The van der Waals surface area contributed by atoms with Crippen molar-refractivity contribution in [3.05, 3.63) is 77.0 Å². The van der Waals surface area contributed by atoms with Gasteiger partial charge in [0, 0.05) is 53.5 Å². The number of allylic oxidation sites excluding steroid dienone is 3. The number of hydrogen-bond acceptors (Lipinski definition) is 5. The van der Waals surface area contributed by atoms with E-state index in [-0.39, 0.29) is 17.1 Å². The standard InChI is InChI=1S/C23H24N4O2/c1-14-19(22(29)27-18-8-4-5-10-25-18)20(15-7-6-9-24-13-15)21-16(26-14)11-23(2,3)12-17(21)28/h4-10,13,20,26H,11-12H2,1-3H3,(H,25,27,29)/t20-/m0/s1. The van der Waals surface area contributed by atoms with Gasteiger partial charge < -0.3 is 10.6 Å². The number of aromatic nitrogens is 2. The highest BCUT2D eigenvalue weighted by atomic mass is 16.2. The van der Waals surface area contributed by atoms with E-state index in [2.05, 4.69) is 34.4 Å². The van der Waals surface area contributed by atoms with Crippen LogP contribution in [0.25, 0.3) is 0 Å².